The first-order chi connectivity index (χ1) is 10.8. The third kappa shape index (κ3) is 2.85. The van der Waals surface area contributed by atoms with Crippen molar-refractivity contribution < 1.29 is 18.3 Å². The lowest BCUT2D eigenvalue weighted by Crippen LogP contribution is -2.20. The molecule has 126 valence electrons. The number of hydrogen-bond donors (Lipinski definition) is 2. The van der Waals surface area contributed by atoms with E-state index in [-0.39, 0.29) is 17.7 Å². The Morgan fingerprint density at radius 3 is 2.48 bits per heavy atom. The largest absolute Gasteiger partial charge is 0.453 e. The molecule has 0 atom stereocenters. The molecule has 2 heterocycles. The monoisotopic (exact) mass is 329 g/mol. The van der Waals surface area contributed by atoms with E-state index >= 15 is 0 Å². The molecule has 0 spiro atoms. The Hall–Kier alpha value is -1.90. The molecule has 0 saturated heterocycles. The van der Waals surface area contributed by atoms with Crippen LogP contribution in [0.3, 0.4) is 0 Å². The maximum Gasteiger partial charge on any atom is 0.453 e. The Bertz CT molecular complexity index is 736. The number of aliphatic hydroxyl groups is 1. The predicted octanol–water partition coefficient (Wildman–Crippen LogP) is 2.33. The van der Waals surface area contributed by atoms with Crippen molar-refractivity contribution in [2.24, 2.45) is 5.41 Å². The molecule has 2 aromatic rings. The number of aromatic nitrogens is 4. The summed E-state index contributed by atoms with van der Waals surface area (Å²) in [5.74, 6) is -0.736. The van der Waals surface area contributed by atoms with Crippen LogP contribution in [0.2, 0.25) is 0 Å². The summed E-state index contributed by atoms with van der Waals surface area (Å²) < 4.78 is 39.7. The zero-order valence-electron chi connectivity index (χ0n) is 12.9. The van der Waals surface area contributed by atoms with Crippen LogP contribution in [0.25, 0.3) is 5.65 Å². The van der Waals surface area contributed by atoms with Crippen molar-refractivity contribution in [2.75, 3.05) is 18.5 Å². The van der Waals surface area contributed by atoms with Crippen molar-refractivity contribution in [3.63, 3.8) is 0 Å². The fraction of sp³-hybridized carbons (Fsp3) is 0.643. The molecule has 0 radical (unpaired) electrons. The topological polar surface area (TPSA) is 75.3 Å². The van der Waals surface area contributed by atoms with E-state index in [2.05, 4.69) is 20.6 Å². The van der Waals surface area contributed by atoms with Gasteiger partial charge in [-0.2, -0.15) is 17.7 Å². The highest BCUT2D eigenvalue weighted by atomic mass is 19.4. The maximum atomic E-state index is 13.0. The first-order valence-electron chi connectivity index (χ1n) is 7.42. The molecule has 6 nitrogen and oxygen atoms in total. The number of alkyl halides is 3. The molecule has 1 fully saturated rings. The molecule has 0 bridgehead atoms. The third-order valence-corrected chi connectivity index (χ3v) is 4.58. The minimum atomic E-state index is -4.61. The predicted molar refractivity (Wildman–Crippen MR) is 77.1 cm³/mol. The standard InChI is InChI=1S/C14H18F3N5O/c1-8-9(2)11-19-20-12(14(15,16)17)22(11)21-10(8)18-7-13(3-4-13)5-6-23/h23H,3-7H2,1-2H3,(H,18,21). The Morgan fingerprint density at radius 2 is 1.91 bits per heavy atom. The van der Waals surface area contributed by atoms with E-state index in [4.69, 9.17) is 5.11 Å². The number of aliphatic hydroxyl groups excluding tert-OH is 1. The van der Waals surface area contributed by atoms with Crippen molar-refractivity contribution in [1.29, 1.82) is 0 Å². The van der Waals surface area contributed by atoms with Crippen molar-refractivity contribution in [1.82, 2.24) is 19.8 Å². The molecule has 9 heteroatoms. The van der Waals surface area contributed by atoms with E-state index in [1.165, 1.54) is 0 Å². The molecular formula is C14H18F3N5O. The van der Waals surface area contributed by atoms with Crippen molar-refractivity contribution in [2.45, 2.75) is 39.3 Å². The number of fused-ring (bicyclic) bond motifs is 1. The van der Waals surface area contributed by atoms with Crippen LogP contribution in [0.5, 0.6) is 0 Å². The molecule has 2 N–H and O–H groups in total. The maximum absolute atomic E-state index is 13.0. The molecule has 2 aromatic heterocycles. The lowest BCUT2D eigenvalue weighted by molar-refractivity contribution is -0.146. The second kappa shape index (κ2) is 5.33. The first-order valence-corrected chi connectivity index (χ1v) is 7.42. The van der Waals surface area contributed by atoms with Gasteiger partial charge in [-0.15, -0.1) is 15.3 Å². The minimum absolute atomic E-state index is 0.0335. The second-order valence-electron chi connectivity index (χ2n) is 6.18. The number of hydrogen-bond acceptors (Lipinski definition) is 5. The van der Waals surface area contributed by atoms with Gasteiger partial charge in [-0.05, 0) is 44.1 Å². The van der Waals surface area contributed by atoms with Crippen LogP contribution >= 0.6 is 0 Å². The lowest BCUT2D eigenvalue weighted by Gasteiger charge is -2.17. The van der Waals surface area contributed by atoms with E-state index in [9.17, 15) is 13.2 Å². The van der Waals surface area contributed by atoms with Crippen LogP contribution in [0.4, 0.5) is 19.0 Å². The molecule has 1 aliphatic rings. The number of nitrogens with zero attached hydrogens (tertiary/aromatic N) is 4. The van der Waals surface area contributed by atoms with Crippen LogP contribution in [-0.4, -0.2) is 38.1 Å². The van der Waals surface area contributed by atoms with Gasteiger partial charge in [0.1, 0.15) is 5.82 Å². The third-order valence-electron chi connectivity index (χ3n) is 4.58. The van der Waals surface area contributed by atoms with Crippen LogP contribution in [0, 0.1) is 19.3 Å². The Balaban J connectivity index is 1.95. The van der Waals surface area contributed by atoms with Gasteiger partial charge in [0.15, 0.2) is 5.65 Å². The number of aryl methyl sites for hydroxylation is 1. The average Bonchev–Trinajstić information content (AvgIpc) is 3.09. The van der Waals surface area contributed by atoms with Gasteiger partial charge < -0.3 is 10.4 Å². The van der Waals surface area contributed by atoms with Crippen molar-refractivity contribution in [3.8, 4) is 0 Å². The Morgan fingerprint density at radius 1 is 1.22 bits per heavy atom. The molecule has 3 rings (SSSR count). The van der Waals surface area contributed by atoms with E-state index in [1.807, 2.05) is 0 Å². The number of nitrogens with one attached hydrogen (secondary N) is 1. The molecule has 23 heavy (non-hydrogen) atoms. The van der Waals surface area contributed by atoms with E-state index < -0.39 is 12.0 Å². The normalized spacial score (nSPS) is 16.8. The van der Waals surface area contributed by atoms with Crippen LogP contribution in [-0.2, 0) is 6.18 Å². The number of rotatable bonds is 5. The Labute approximate surface area is 130 Å². The highest BCUT2D eigenvalue weighted by molar-refractivity contribution is 5.58. The molecular weight excluding hydrogens is 311 g/mol. The molecule has 0 aromatic carbocycles. The molecule has 1 saturated carbocycles. The van der Waals surface area contributed by atoms with Crippen LogP contribution in [0.1, 0.15) is 36.2 Å². The summed E-state index contributed by atoms with van der Waals surface area (Å²) in [6.45, 7) is 4.18. The zero-order chi connectivity index (χ0) is 16.8. The van der Waals surface area contributed by atoms with Gasteiger partial charge >= 0.3 is 6.18 Å². The first kappa shape index (κ1) is 16.0. The summed E-state index contributed by atoms with van der Waals surface area (Å²) in [6.07, 6.45) is -1.93. The van der Waals surface area contributed by atoms with Gasteiger partial charge in [-0.1, -0.05) is 0 Å². The smallest absolute Gasteiger partial charge is 0.396 e. The number of anilines is 1. The summed E-state index contributed by atoms with van der Waals surface area (Å²) in [5, 5.41) is 23.1. The van der Waals surface area contributed by atoms with E-state index in [1.54, 1.807) is 13.8 Å². The van der Waals surface area contributed by atoms with Gasteiger partial charge in [-0.3, -0.25) is 0 Å². The Kier molecular flexibility index (Phi) is 3.70. The second-order valence-corrected chi connectivity index (χ2v) is 6.18. The van der Waals surface area contributed by atoms with Gasteiger partial charge in [0.2, 0.25) is 0 Å². The van der Waals surface area contributed by atoms with Gasteiger partial charge in [-0.25, -0.2) is 0 Å². The number of halogens is 3. The van der Waals surface area contributed by atoms with Gasteiger partial charge in [0, 0.05) is 18.7 Å². The summed E-state index contributed by atoms with van der Waals surface area (Å²) in [7, 11) is 0. The summed E-state index contributed by atoms with van der Waals surface area (Å²) in [5.41, 5.74) is 1.50. The fourth-order valence-corrected chi connectivity index (χ4v) is 2.67. The van der Waals surface area contributed by atoms with Crippen molar-refractivity contribution >= 4 is 11.5 Å². The highest BCUT2D eigenvalue weighted by Crippen LogP contribution is 2.48. The quantitative estimate of drug-likeness (QED) is 0.880. The summed E-state index contributed by atoms with van der Waals surface area (Å²) >= 11 is 0. The molecule has 1 aliphatic carbocycles. The fourth-order valence-electron chi connectivity index (χ4n) is 2.67. The van der Waals surface area contributed by atoms with E-state index in [0.717, 1.165) is 22.9 Å². The lowest BCUT2D eigenvalue weighted by atomic mass is 10.0. The van der Waals surface area contributed by atoms with Gasteiger partial charge in [0.25, 0.3) is 5.82 Å². The summed E-state index contributed by atoms with van der Waals surface area (Å²) in [4.78, 5) is 0. The van der Waals surface area contributed by atoms with E-state index in [0.29, 0.717) is 24.3 Å². The molecule has 0 aliphatic heterocycles. The molecule has 0 unspecified atom stereocenters. The minimum Gasteiger partial charge on any atom is -0.396 e. The highest BCUT2D eigenvalue weighted by Gasteiger charge is 2.42. The molecule has 0 amide bonds. The van der Waals surface area contributed by atoms with Crippen LogP contribution < -0.4 is 5.32 Å². The zero-order valence-corrected chi connectivity index (χ0v) is 12.9. The van der Waals surface area contributed by atoms with Crippen molar-refractivity contribution in [3.05, 3.63) is 17.0 Å². The SMILES string of the molecule is Cc1c(NCC2(CCO)CC2)nn2c(C(F)(F)F)nnc2c1C. The van der Waals surface area contributed by atoms with Gasteiger partial charge in [0.05, 0.1) is 0 Å². The average molecular weight is 329 g/mol. The summed E-state index contributed by atoms with van der Waals surface area (Å²) in [6, 6.07) is 0. The van der Waals surface area contributed by atoms with Crippen LogP contribution in [0.15, 0.2) is 0 Å².